The van der Waals surface area contributed by atoms with E-state index >= 15 is 0 Å². The minimum Gasteiger partial charge on any atom is -0.469 e. The number of benzene rings is 1. The molecule has 3 aromatic rings. The molecule has 1 amide bonds. The van der Waals surface area contributed by atoms with Crippen LogP contribution in [0.1, 0.15) is 26.5 Å². The highest BCUT2D eigenvalue weighted by Crippen LogP contribution is 2.32. The summed E-state index contributed by atoms with van der Waals surface area (Å²) >= 11 is 1.42. The van der Waals surface area contributed by atoms with Crippen LogP contribution >= 0.6 is 11.8 Å². The van der Waals surface area contributed by atoms with Gasteiger partial charge in [0.05, 0.1) is 17.1 Å². The Labute approximate surface area is 163 Å². The van der Waals surface area contributed by atoms with E-state index in [1.54, 1.807) is 6.26 Å². The number of para-hydroxylation sites is 1. The van der Waals surface area contributed by atoms with Crippen LogP contribution in [-0.2, 0) is 4.79 Å². The molecule has 0 aliphatic rings. The van der Waals surface area contributed by atoms with Crippen LogP contribution in [0.4, 0.5) is 0 Å². The van der Waals surface area contributed by atoms with Gasteiger partial charge in [-0.1, -0.05) is 30.0 Å². The number of hydrogen-bond donors (Lipinski definition) is 0. The Morgan fingerprint density at radius 3 is 2.48 bits per heavy atom. The Balaban J connectivity index is 2.00. The summed E-state index contributed by atoms with van der Waals surface area (Å²) in [6.45, 7) is 9.20. The van der Waals surface area contributed by atoms with Crippen molar-refractivity contribution < 1.29 is 9.21 Å². The number of amides is 1. The van der Waals surface area contributed by atoms with Crippen LogP contribution in [0.3, 0.4) is 0 Å². The van der Waals surface area contributed by atoms with Gasteiger partial charge >= 0.3 is 0 Å². The van der Waals surface area contributed by atoms with E-state index in [1.165, 1.54) is 11.8 Å². The Kier molecular flexibility index (Phi) is 6.01. The Morgan fingerprint density at radius 1 is 1.19 bits per heavy atom. The van der Waals surface area contributed by atoms with Crippen molar-refractivity contribution in [3.05, 3.63) is 48.4 Å². The molecule has 0 aliphatic carbocycles. The lowest BCUT2D eigenvalue weighted by Gasteiger charge is -2.22. The summed E-state index contributed by atoms with van der Waals surface area (Å²) in [6, 6.07) is 11.8. The minimum absolute atomic E-state index is 0.105. The maximum atomic E-state index is 12.7. The molecule has 7 heteroatoms. The van der Waals surface area contributed by atoms with E-state index in [0.29, 0.717) is 24.1 Å². The first-order valence-electron chi connectivity index (χ1n) is 9.07. The molecule has 0 spiro atoms. The smallest absolute Gasteiger partial charge is 0.235 e. The van der Waals surface area contributed by atoms with Crippen LogP contribution in [0.2, 0.25) is 0 Å². The van der Waals surface area contributed by atoms with Gasteiger partial charge in [0, 0.05) is 18.8 Å². The van der Waals surface area contributed by atoms with E-state index in [9.17, 15) is 4.79 Å². The molecule has 1 atom stereocenters. The van der Waals surface area contributed by atoms with Gasteiger partial charge in [0.15, 0.2) is 11.0 Å². The normalized spacial score (nSPS) is 12.1. The molecule has 0 radical (unpaired) electrons. The monoisotopic (exact) mass is 384 g/mol. The average molecular weight is 385 g/mol. The Morgan fingerprint density at radius 2 is 1.89 bits per heavy atom. The van der Waals surface area contributed by atoms with E-state index in [2.05, 4.69) is 10.2 Å². The first kappa shape index (κ1) is 19.2. The van der Waals surface area contributed by atoms with Crippen LogP contribution < -0.4 is 0 Å². The number of carbonyl (C=O) groups excluding carboxylic acids is 1. The number of aryl methyl sites for hydroxylation is 1. The number of hydrogen-bond acceptors (Lipinski definition) is 5. The highest BCUT2D eigenvalue weighted by Gasteiger charge is 2.25. The third-order valence-electron chi connectivity index (χ3n) is 4.45. The molecule has 27 heavy (non-hydrogen) atoms. The Bertz CT molecular complexity index is 900. The van der Waals surface area contributed by atoms with Crippen LogP contribution in [0.25, 0.3) is 17.1 Å². The largest absolute Gasteiger partial charge is 0.469 e. The third kappa shape index (κ3) is 3.93. The van der Waals surface area contributed by atoms with Crippen molar-refractivity contribution >= 4 is 17.7 Å². The van der Waals surface area contributed by atoms with Crippen molar-refractivity contribution in [2.75, 3.05) is 13.1 Å². The standard InChI is InChI=1S/C20H24N4O2S/c1-5-23(6-2)19(25)15(4)27-20-22-21-18(17-12-13-26-14(17)3)24(20)16-10-8-7-9-11-16/h7-13,15H,5-6H2,1-4H3. The number of aromatic nitrogens is 3. The topological polar surface area (TPSA) is 64.2 Å². The van der Waals surface area contributed by atoms with Crippen molar-refractivity contribution in [3.63, 3.8) is 0 Å². The molecule has 6 nitrogen and oxygen atoms in total. The third-order valence-corrected chi connectivity index (χ3v) is 5.48. The minimum atomic E-state index is -0.255. The van der Waals surface area contributed by atoms with Crippen molar-refractivity contribution in [1.29, 1.82) is 0 Å². The number of furan rings is 1. The maximum absolute atomic E-state index is 12.7. The average Bonchev–Trinajstić information content (AvgIpc) is 3.29. The highest BCUT2D eigenvalue weighted by molar-refractivity contribution is 8.00. The molecular weight excluding hydrogens is 360 g/mol. The summed E-state index contributed by atoms with van der Waals surface area (Å²) in [4.78, 5) is 14.5. The second kappa shape index (κ2) is 8.43. The lowest BCUT2D eigenvalue weighted by Crippen LogP contribution is -2.36. The first-order chi connectivity index (χ1) is 13.1. The molecule has 3 rings (SSSR count). The Hall–Kier alpha value is -2.54. The van der Waals surface area contributed by atoms with Crippen LogP contribution in [0.15, 0.2) is 52.2 Å². The lowest BCUT2D eigenvalue weighted by atomic mass is 10.2. The number of nitrogens with zero attached hydrogens (tertiary/aromatic N) is 4. The van der Waals surface area contributed by atoms with Gasteiger partial charge in [0.1, 0.15) is 5.76 Å². The van der Waals surface area contributed by atoms with Crippen molar-refractivity contribution in [2.24, 2.45) is 0 Å². The predicted molar refractivity (Wildman–Crippen MR) is 107 cm³/mol. The molecule has 0 aliphatic heterocycles. The maximum Gasteiger partial charge on any atom is 0.235 e. The van der Waals surface area contributed by atoms with Crippen LogP contribution in [0, 0.1) is 6.92 Å². The van der Waals surface area contributed by atoms with E-state index in [-0.39, 0.29) is 11.2 Å². The molecular formula is C20H24N4O2S. The van der Waals surface area contributed by atoms with Gasteiger partial charge in [-0.3, -0.25) is 9.36 Å². The molecule has 0 saturated heterocycles. The van der Waals surface area contributed by atoms with E-state index in [1.807, 2.05) is 73.6 Å². The van der Waals surface area contributed by atoms with E-state index < -0.39 is 0 Å². The van der Waals surface area contributed by atoms with Crippen molar-refractivity contribution in [2.45, 2.75) is 38.1 Å². The molecule has 1 aromatic carbocycles. The summed E-state index contributed by atoms with van der Waals surface area (Å²) in [5, 5.41) is 9.22. The highest BCUT2D eigenvalue weighted by atomic mass is 32.2. The summed E-state index contributed by atoms with van der Waals surface area (Å²) < 4.78 is 7.43. The first-order valence-corrected chi connectivity index (χ1v) is 9.95. The lowest BCUT2D eigenvalue weighted by molar-refractivity contribution is -0.129. The van der Waals surface area contributed by atoms with Crippen molar-refractivity contribution in [1.82, 2.24) is 19.7 Å². The SMILES string of the molecule is CCN(CC)C(=O)C(C)Sc1nnc(-c2ccoc2C)n1-c1ccccc1. The van der Waals surface area contributed by atoms with Gasteiger partial charge in [-0.25, -0.2) is 0 Å². The zero-order valence-electron chi connectivity index (χ0n) is 16.0. The van der Waals surface area contributed by atoms with Gasteiger partial charge in [-0.2, -0.15) is 0 Å². The molecule has 2 aromatic heterocycles. The summed E-state index contributed by atoms with van der Waals surface area (Å²) in [5.41, 5.74) is 1.84. The molecule has 142 valence electrons. The molecule has 2 heterocycles. The second-order valence-corrected chi connectivity index (χ2v) is 7.45. The summed E-state index contributed by atoms with van der Waals surface area (Å²) in [5.74, 6) is 1.59. The summed E-state index contributed by atoms with van der Waals surface area (Å²) in [6.07, 6.45) is 1.65. The molecule has 0 fully saturated rings. The molecule has 1 unspecified atom stereocenters. The fourth-order valence-corrected chi connectivity index (χ4v) is 3.90. The molecule has 0 saturated carbocycles. The van der Waals surface area contributed by atoms with E-state index in [0.717, 1.165) is 17.0 Å². The fourth-order valence-electron chi connectivity index (χ4n) is 2.95. The number of thioether (sulfide) groups is 1. The van der Waals surface area contributed by atoms with Gasteiger partial charge in [-0.05, 0) is 45.9 Å². The zero-order valence-corrected chi connectivity index (χ0v) is 16.9. The number of rotatable bonds is 7. The van der Waals surface area contributed by atoms with Gasteiger partial charge < -0.3 is 9.32 Å². The molecule has 0 bridgehead atoms. The van der Waals surface area contributed by atoms with Crippen LogP contribution in [0.5, 0.6) is 0 Å². The fraction of sp³-hybridized carbons (Fsp3) is 0.350. The second-order valence-electron chi connectivity index (χ2n) is 6.14. The predicted octanol–water partition coefficient (Wildman–Crippen LogP) is 4.18. The quantitative estimate of drug-likeness (QED) is 0.572. The van der Waals surface area contributed by atoms with Gasteiger partial charge in [-0.15, -0.1) is 10.2 Å². The van der Waals surface area contributed by atoms with Gasteiger partial charge in [0.25, 0.3) is 0 Å². The summed E-state index contributed by atoms with van der Waals surface area (Å²) in [7, 11) is 0. The van der Waals surface area contributed by atoms with Crippen LogP contribution in [-0.4, -0.2) is 43.9 Å². The van der Waals surface area contributed by atoms with Gasteiger partial charge in [0.2, 0.25) is 5.91 Å². The number of carbonyl (C=O) groups is 1. The molecule has 0 N–H and O–H groups in total. The van der Waals surface area contributed by atoms with E-state index in [4.69, 9.17) is 4.42 Å². The zero-order chi connectivity index (χ0) is 19.4. The van der Waals surface area contributed by atoms with Crippen molar-refractivity contribution in [3.8, 4) is 17.1 Å².